The average Bonchev–Trinajstić information content (AvgIpc) is 3.31. The summed E-state index contributed by atoms with van der Waals surface area (Å²) >= 11 is 1.40. The van der Waals surface area contributed by atoms with E-state index in [9.17, 15) is 4.79 Å². The molecule has 6 nitrogen and oxygen atoms in total. The Morgan fingerprint density at radius 1 is 1.30 bits per heavy atom. The van der Waals surface area contributed by atoms with Crippen molar-refractivity contribution < 1.29 is 9.21 Å². The van der Waals surface area contributed by atoms with Gasteiger partial charge in [-0.05, 0) is 39.8 Å². The van der Waals surface area contributed by atoms with Crippen molar-refractivity contribution in [3.8, 4) is 11.4 Å². The van der Waals surface area contributed by atoms with Crippen LogP contribution in [0.1, 0.15) is 34.4 Å². The Hall–Kier alpha value is -2.54. The second-order valence-corrected chi connectivity index (χ2v) is 7.28. The molecule has 7 heteroatoms. The number of allylic oxidation sites excluding steroid dienone is 1. The van der Waals surface area contributed by atoms with Crippen LogP contribution in [0.15, 0.2) is 40.6 Å². The van der Waals surface area contributed by atoms with E-state index in [2.05, 4.69) is 28.3 Å². The molecule has 0 aliphatic rings. The van der Waals surface area contributed by atoms with Crippen molar-refractivity contribution in [3.63, 3.8) is 0 Å². The predicted molar refractivity (Wildman–Crippen MR) is 107 cm³/mol. The highest BCUT2D eigenvalue weighted by Crippen LogP contribution is 2.28. The number of thioether (sulfide) groups is 1. The molecule has 0 radical (unpaired) electrons. The average molecular weight is 385 g/mol. The van der Waals surface area contributed by atoms with Crippen molar-refractivity contribution in [2.75, 3.05) is 5.75 Å². The van der Waals surface area contributed by atoms with Crippen LogP contribution < -0.4 is 0 Å². The highest BCUT2D eigenvalue weighted by molar-refractivity contribution is 7.99. The lowest BCUT2D eigenvalue weighted by Crippen LogP contribution is -2.07. The maximum atomic E-state index is 12.8. The minimum Gasteiger partial charge on any atom is -0.469 e. The molecule has 0 aliphatic heterocycles. The molecule has 0 aromatic carbocycles. The number of aromatic nitrogens is 4. The third-order valence-corrected chi connectivity index (χ3v) is 5.62. The first-order valence-corrected chi connectivity index (χ1v) is 9.87. The van der Waals surface area contributed by atoms with Crippen molar-refractivity contribution in [2.24, 2.45) is 0 Å². The number of aryl methyl sites for hydroxylation is 2. The molecule has 3 rings (SSSR count). The molecule has 3 aromatic rings. The van der Waals surface area contributed by atoms with Crippen LogP contribution in [0.2, 0.25) is 0 Å². The van der Waals surface area contributed by atoms with Crippen LogP contribution in [-0.4, -0.2) is 30.9 Å². The monoisotopic (exact) mass is 384 g/mol. The van der Waals surface area contributed by atoms with Crippen molar-refractivity contribution in [3.05, 3.63) is 53.8 Å². The molecule has 3 heterocycles. The van der Waals surface area contributed by atoms with Gasteiger partial charge < -0.3 is 8.98 Å². The number of Topliss-reactive ketones (excluding diaryl/α,β-unsaturated/α-hetero) is 1. The first-order chi connectivity index (χ1) is 13.0. The Morgan fingerprint density at radius 2 is 2.07 bits per heavy atom. The van der Waals surface area contributed by atoms with Crippen LogP contribution >= 0.6 is 11.8 Å². The van der Waals surface area contributed by atoms with Gasteiger partial charge in [-0.1, -0.05) is 17.8 Å². The molecule has 0 saturated carbocycles. The second kappa shape index (κ2) is 8.00. The molecule has 0 fully saturated rings. The van der Waals surface area contributed by atoms with Crippen molar-refractivity contribution in [1.82, 2.24) is 19.3 Å². The van der Waals surface area contributed by atoms with E-state index in [4.69, 9.17) is 4.42 Å². The molecule has 0 amide bonds. The normalized spacial score (nSPS) is 11.1. The zero-order chi connectivity index (χ0) is 19.6. The predicted octanol–water partition coefficient (Wildman–Crippen LogP) is 4.45. The van der Waals surface area contributed by atoms with E-state index in [0.717, 1.165) is 40.6 Å². The third kappa shape index (κ3) is 3.64. The summed E-state index contributed by atoms with van der Waals surface area (Å²) < 4.78 is 9.49. The van der Waals surface area contributed by atoms with Gasteiger partial charge in [0, 0.05) is 30.0 Å². The van der Waals surface area contributed by atoms with E-state index in [1.54, 1.807) is 12.3 Å². The van der Waals surface area contributed by atoms with Crippen molar-refractivity contribution in [1.29, 1.82) is 0 Å². The Labute approximate surface area is 163 Å². The Bertz CT molecular complexity index is 980. The Kier molecular flexibility index (Phi) is 5.70. The van der Waals surface area contributed by atoms with Crippen LogP contribution in [0.5, 0.6) is 0 Å². The number of carbonyl (C=O) groups is 1. The molecule has 0 N–H and O–H groups in total. The number of ketones is 1. The molecule has 142 valence electrons. The largest absolute Gasteiger partial charge is 0.469 e. The number of rotatable bonds is 8. The lowest BCUT2D eigenvalue weighted by molar-refractivity contribution is 0.102. The molecule has 0 bridgehead atoms. The molecule has 0 spiro atoms. The highest BCUT2D eigenvalue weighted by Gasteiger charge is 2.19. The summed E-state index contributed by atoms with van der Waals surface area (Å²) in [5.41, 5.74) is 3.80. The smallest absolute Gasteiger partial charge is 0.192 e. The van der Waals surface area contributed by atoms with E-state index < -0.39 is 0 Å². The van der Waals surface area contributed by atoms with Gasteiger partial charge in [-0.2, -0.15) is 0 Å². The third-order valence-electron chi connectivity index (χ3n) is 4.65. The van der Waals surface area contributed by atoms with Crippen LogP contribution in [0.25, 0.3) is 11.4 Å². The summed E-state index contributed by atoms with van der Waals surface area (Å²) in [6, 6.07) is 3.84. The van der Waals surface area contributed by atoms with E-state index in [-0.39, 0.29) is 5.78 Å². The summed E-state index contributed by atoms with van der Waals surface area (Å²) in [5, 5.41) is 9.29. The molecule has 0 atom stereocenters. The summed E-state index contributed by atoms with van der Waals surface area (Å²) in [4.78, 5) is 12.8. The van der Waals surface area contributed by atoms with E-state index >= 15 is 0 Å². The van der Waals surface area contributed by atoms with Crippen LogP contribution in [-0.2, 0) is 13.1 Å². The molecule has 3 aromatic heterocycles. The van der Waals surface area contributed by atoms with Gasteiger partial charge in [0.2, 0.25) is 0 Å². The first kappa shape index (κ1) is 19.2. The van der Waals surface area contributed by atoms with Gasteiger partial charge in [0.25, 0.3) is 0 Å². The SMILES string of the molecule is C=CCn1c(SCC(=O)c2cc(C)n(CC)c2C)nnc1-c1ccoc1C. The summed E-state index contributed by atoms with van der Waals surface area (Å²) in [7, 11) is 0. The second-order valence-electron chi connectivity index (χ2n) is 6.34. The molecular weight excluding hydrogens is 360 g/mol. The first-order valence-electron chi connectivity index (χ1n) is 8.89. The summed E-state index contributed by atoms with van der Waals surface area (Å²) in [6.45, 7) is 13.2. The van der Waals surface area contributed by atoms with Crippen LogP contribution in [0.4, 0.5) is 0 Å². The summed E-state index contributed by atoms with van der Waals surface area (Å²) in [6.07, 6.45) is 3.43. The number of carbonyl (C=O) groups excluding carboxylic acids is 1. The highest BCUT2D eigenvalue weighted by atomic mass is 32.2. The lowest BCUT2D eigenvalue weighted by Gasteiger charge is -2.07. The molecular formula is C20H24N4O2S. The molecule has 0 saturated heterocycles. The maximum Gasteiger partial charge on any atom is 0.192 e. The zero-order valence-electron chi connectivity index (χ0n) is 16.2. The number of hydrogen-bond acceptors (Lipinski definition) is 5. The minimum absolute atomic E-state index is 0.0991. The van der Waals surface area contributed by atoms with Gasteiger partial charge in [0.1, 0.15) is 5.76 Å². The van der Waals surface area contributed by atoms with Gasteiger partial charge in [0.05, 0.1) is 17.6 Å². The van der Waals surface area contributed by atoms with Gasteiger partial charge in [-0.15, -0.1) is 16.8 Å². The fourth-order valence-corrected chi connectivity index (χ4v) is 4.11. The number of furan rings is 1. The maximum absolute atomic E-state index is 12.8. The van der Waals surface area contributed by atoms with Gasteiger partial charge in [0.15, 0.2) is 16.8 Å². The topological polar surface area (TPSA) is 65.8 Å². The fraction of sp³-hybridized carbons (Fsp3) is 0.350. The quantitative estimate of drug-likeness (QED) is 0.326. The van der Waals surface area contributed by atoms with Gasteiger partial charge in [-0.3, -0.25) is 9.36 Å². The fourth-order valence-electron chi connectivity index (χ4n) is 3.28. The number of hydrogen-bond donors (Lipinski definition) is 0. The molecule has 0 unspecified atom stereocenters. The van der Waals surface area contributed by atoms with E-state index in [1.165, 1.54) is 11.8 Å². The molecule has 27 heavy (non-hydrogen) atoms. The zero-order valence-corrected chi connectivity index (χ0v) is 17.0. The van der Waals surface area contributed by atoms with E-state index in [1.807, 2.05) is 37.5 Å². The molecule has 0 aliphatic carbocycles. The van der Waals surface area contributed by atoms with Crippen LogP contribution in [0, 0.1) is 20.8 Å². The van der Waals surface area contributed by atoms with Gasteiger partial charge in [-0.25, -0.2) is 0 Å². The van der Waals surface area contributed by atoms with Crippen molar-refractivity contribution in [2.45, 2.75) is 45.9 Å². The lowest BCUT2D eigenvalue weighted by atomic mass is 10.2. The van der Waals surface area contributed by atoms with Gasteiger partial charge >= 0.3 is 0 Å². The Balaban J connectivity index is 1.82. The van der Waals surface area contributed by atoms with Crippen LogP contribution in [0.3, 0.4) is 0 Å². The van der Waals surface area contributed by atoms with Crippen molar-refractivity contribution >= 4 is 17.5 Å². The standard InChI is InChI=1S/C20H24N4O2S/c1-6-9-24-19(16-8-10-26-15(16)5)21-22-20(24)27-12-18(25)17-11-13(3)23(7-2)14(17)4/h6,8,10-11H,1,7,9,12H2,2-5H3. The Morgan fingerprint density at radius 3 is 2.67 bits per heavy atom. The number of nitrogens with zero attached hydrogens (tertiary/aromatic N) is 4. The van der Waals surface area contributed by atoms with E-state index in [0.29, 0.717) is 17.5 Å². The minimum atomic E-state index is 0.0991. The summed E-state index contributed by atoms with van der Waals surface area (Å²) in [5.74, 6) is 1.92.